The minimum Gasteiger partial charge on any atom is -0.467 e. The van der Waals surface area contributed by atoms with Crippen LogP contribution in [0.3, 0.4) is 0 Å². The molecule has 0 saturated heterocycles. The Morgan fingerprint density at radius 2 is 2.15 bits per heavy atom. The smallest absolute Gasteiger partial charge is 0.331 e. The second-order valence-corrected chi connectivity index (χ2v) is 8.70. The van der Waals surface area contributed by atoms with E-state index in [1.807, 2.05) is 6.07 Å². The molecule has 2 N–H and O–H groups in total. The van der Waals surface area contributed by atoms with Crippen molar-refractivity contribution in [3.05, 3.63) is 37.3 Å². The third kappa shape index (κ3) is 3.10. The number of H-pyrrole nitrogens is 1. The molecule has 1 aromatic carbocycles. The number of ether oxygens (including phenoxy) is 1. The average Bonchev–Trinajstić information content (AvgIpc) is 3.40. The number of nitrogens with one attached hydrogen (secondary N) is 2. The minimum atomic E-state index is -0.940. The number of benzene rings is 1. The topological polar surface area (TPSA) is 110 Å². The van der Waals surface area contributed by atoms with Crippen molar-refractivity contribution in [2.75, 3.05) is 12.9 Å². The second kappa shape index (κ2) is 6.52. The number of hydrogen-bond donors (Lipinski definition) is 2. The van der Waals surface area contributed by atoms with Crippen LogP contribution in [0, 0.1) is 0 Å². The van der Waals surface area contributed by atoms with Crippen LogP contribution in [0.2, 0.25) is 0 Å². The van der Waals surface area contributed by atoms with Crippen molar-refractivity contribution in [1.29, 1.82) is 0 Å². The summed E-state index contributed by atoms with van der Waals surface area (Å²) in [5.74, 6) is -0.329. The Morgan fingerprint density at radius 3 is 2.81 bits per heavy atom. The van der Waals surface area contributed by atoms with Gasteiger partial charge in [-0.25, -0.2) is 4.79 Å². The van der Waals surface area contributed by atoms with Gasteiger partial charge in [0.25, 0.3) is 0 Å². The molecule has 0 spiro atoms. The predicted molar refractivity (Wildman–Crippen MR) is 103 cm³/mol. The third-order valence-corrected chi connectivity index (χ3v) is 6.50. The van der Waals surface area contributed by atoms with Crippen molar-refractivity contribution in [2.45, 2.75) is 35.7 Å². The van der Waals surface area contributed by atoms with Crippen LogP contribution in [-0.4, -0.2) is 39.8 Å². The van der Waals surface area contributed by atoms with Crippen LogP contribution >= 0.6 is 27.7 Å². The second-order valence-electron chi connectivity index (χ2n) is 6.72. The van der Waals surface area contributed by atoms with E-state index in [4.69, 9.17) is 4.74 Å². The molecule has 2 aromatic rings. The SMILES string of the molecule is COC(=O)C1(NC(=O)CC2CSc3cc(Br)cc4[nH]c(=O)c(=O)n2c34)CC1. The molecule has 27 heavy (non-hydrogen) atoms. The number of carbonyl (C=O) groups excluding carboxylic acids is 2. The zero-order valence-electron chi connectivity index (χ0n) is 14.3. The molecule has 1 aliphatic heterocycles. The van der Waals surface area contributed by atoms with Gasteiger partial charge in [-0.15, -0.1) is 11.8 Å². The van der Waals surface area contributed by atoms with E-state index in [-0.39, 0.29) is 12.3 Å². The first-order valence-electron chi connectivity index (χ1n) is 8.35. The van der Waals surface area contributed by atoms with Gasteiger partial charge in [0.2, 0.25) is 5.91 Å². The lowest BCUT2D eigenvalue weighted by atomic mass is 10.1. The number of nitrogens with zero attached hydrogens (tertiary/aromatic N) is 1. The standard InChI is InChI=1S/C17H16BrN3O5S/c1-26-16(25)17(2-3-17)20-12(22)6-9-7-27-11-5-8(18)4-10-13(11)21(9)15(24)14(23)19-10/h4-5,9H,2-3,6-7H2,1H3,(H,19,23)(H,20,22). The van der Waals surface area contributed by atoms with Crippen LogP contribution in [0.25, 0.3) is 11.0 Å². The number of thioether (sulfide) groups is 1. The summed E-state index contributed by atoms with van der Waals surface area (Å²) in [6.07, 6.45) is 1.08. The highest BCUT2D eigenvalue weighted by Crippen LogP contribution is 2.39. The van der Waals surface area contributed by atoms with Crippen molar-refractivity contribution in [1.82, 2.24) is 14.9 Å². The summed E-state index contributed by atoms with van der Waals surface area (Å²) in [4.78, 5) is 52.4. The molecule has 1 amide bonds. The van der Waals surface area contributed by atoms with E-state index in [1.165, 1.54) is 23.4 Å². The normalized spacial score (nSPS) is 19.6. The zero-order valence-corrected chi connectivity index (χ0v) is 16.7. The minimum absolute atomic E-state index is 0.000289. The molecule has 1 fully saturated rings. The van der Waals surface area contributed by atoms with E-state index >= 15 is 0 Å². The van der Waals surface area contributed by atoms with Crippen LogP contribution in [0.15, 0.2) is 31.1 Å². The number of aromatic amines is 1. The molecule has 142 valence electrons. The van der Waals surface area contributed by atoms with E-state index in [2.05, 4.69) is 26.2 Å². The molecule has 2 aliphatic rings. The molecule has 8 nitrogen and oxygen atoms in total. The first-order chi connectivity index (χ1) is 12.8. The maximum Gasteiger partial charge on any atom is 0.331 e. The lowest BCUT2D eigenvalue weighted by molar-refractivity contribution is -0.146. The van der Waals surface area contributed by atoms with Gasteiger partial charge in [0.05, 0.1) is 24.2 Å². The largest absolute Gasteiger partial charge is 0.467 e. The first-order valence-corrected chi connectivity index (χ1v) is 10.1. The summed E-state index contributed by atoms with van der Waals surface area (Å²) in [7, 11) is 1.29. The highest BCUT2D eigenvalue weighted by atomic mass is 79.9. The Balaban J connectivity index is 1.68. The molecular weight excluding hydrogens is 438 g/mol. The lowest BCUT2D eigenvalue weighted by Crippen LogP contribution is -2.46. The van der Waals surface area contributed by atoms with Crippen LogP contribution < -0.4 is 16.4 Å². The number of aromatic nitrogens is 2. The van der Waals surface area contributed by atoms with E-state index in [0.29, 0.717) is 29.6 Å². The molecule has 0 radical (unpaired) electrons. The fourth-order valence-electron chi connectivity index (χ4n) is 3.41. The van der Waals surface area contributed by atoms with Crippen molar-refractivity contribution in [2.24, 2.45) is 0 Å². The van der Waals surface area contributed by atoms with Crippen LogP contribution in [0.5, 0.6) is 0 Å². The number of carbonyl (C=O) groups is 2. The molecule has 10 heteroatoms. The predicted octanol–water partition coefficient (Wildman–Crippen LogP) is 1.31. The summed E-state index contributed by atoms with van der Waals surface area (Å²) in [6, 6.07) is 3.14. The Hall–Kier alpha value is -2.07. The lowest BCUT2D eigenvalue weighted by Gasteiger charge is -2.27. The Labute approximate surface area is 165 Å². The van der Waals surface area contributed by atoms with Crippen LogP contribution in [0.1, 0.15) is 25.3 Å². The van der Waals surface area contributed by atoms with E-state index in [9.17, 15) is 19.2 Å². The number of halogens is 1. The molecule has 0 bridgehead atoms. The van der Waals surface area contributed by atoms with Crippen LogP contribution in [0.4, 0.5) is 0 Å². The maximum atomic E-state index is 12.5. The number of amides is 1. The summed E-state index contributed by atoms with van der Waals surface area (Å²) in [6.45, 7) is 0. The fraction of sp³-hybridized carbons (Fsp3) is 0.412. The highest BCUT2D eigenvalue weighted by Gasteiger charge is 2.52. The van der Waals surface area contributed by atoms with Gasteiger partial charge in [-0.05, 0) is 25.0 Å². The molecule has 1 saturated carbocycles. The van der Waals surface area contributed by atoms with Gasteiger partial charge < -0.3 is 15.0 Å². The molecule has 1 atom stereocenters. The van der Waals surface area contributed by atoms with Crippen molar-refractivity contribution in [3.63, 3.8) is 0 Å². The van der Waals surface area contributed by atoms with E-state index < -0.39 is 28.7 Å². The zero-order chi connectivity index (χ0) is 19.3. The monoisotopic (exact) mass is 453 g/mol. The van der Waals surface area contributed by atoms with Crippen molar-refractivity contribution < 1.29 is 14.3 Å². The molecule has 4 rings (SSSR count). The third-order valence-electron chi connectivity index (χ3n) is 4.86. The van der Waals surface area contributed by atoms with Gasteiger partial charge >= 0.3 is 17.1 Å². The highest BCUT2D eigenvalue weighted by molar-refractivity contribution is 9.10. The Bertz CT molecular complexity index is 1090. The number of rotatable bonds is 4. The molecule has 2 heterocycles. The van der Waals surface area contributed by atoms with Gasteiger partial charge in [-0.3, -0.25) is 19.0 Å². The van der Waals surface area contributed by atoms with Gasteiger partial charge in [0.1, 0.15) is 5.54 Å². The fourth-order valence-corrected chi connectivity index (χ4v) is 5.21. The number of hydrogen-bond acceptors (Lipinski definition) is 6. The van der Waals surface area contributed by atoms with Gasteiger partial charge in [0.15, 0.2) is 0 Å². The van der Waals surface area contributed by atoms with Crippen LogP contribution in [-0.2, 0) is 14.3 Å². The Kier molecular flexibility index (Phi) is 4.42. The Morgan fingerprint density at radius 1 is 1.41 bits per heavy atom. The summed E-state index contributed by atoms with van der Waals surface area (Å²) < 4.78 is 6.95. The molecule has 1 unspecified atom stereocenters. The first kappa shape index (κ1) is 18.3. The molecule has 1 aliphatic carbocycles. The van der Waals surface area contributed by atoms with Gasteiger partial charge in [-0.2, -0.15) is 0 Å². The summed E-state index contributed by atoms with van der Waals surface area (Å²) >= 11 is 4.92. The van der Waals surface area contributed by atoms with E-state index in [0.717, 1.165) is 9.37 Å². The average molecular weight is 454 g/mol. The van der Waals surface area contributed by atoms with E-state index in [1.54, 1.807) is 6.07 Å². The maximum absolute atomic E-state index is 12.5. The van der Waals surface area contributed by atoms with Crippen molar-refractivity contribution >= 4 is 50.6 Å². The van der Waals surface area contributed by atoms with Gasteiger partial charge in [-0.1, -0.05) is 15.9 Å². The number of esters is 1. The molecule has 1 aromatic heterocycles. The summed E-state index contributed by atoms with van der Waals surface area (Å²) in [5.41, 5.74) is -1.19. The van der Waals surface area contributed by atoms with Crippen molar-refractivity contribution in [3.8, 4) is 0 Å². The van der Waals surface area contributed by atoms with Gasteiger partial charge in [0, 0.05) is 21.5 Å². The molecular formula is C17H16BrN3O5S. The summed E-state index contributed by atoms with van der Waals surface area (Å²) in [5, 5.41) is 2.73. The quantitative estimate of drug-likeness (QED) is 0.533. The number of methoxy groups -OCH3 is 1.